The van der Waals surface area contributed by atoms with E-state index >= 15 is 0 Å². The second-order valence-corrected chi connectivity index (χ2v) is 5.14. The minimum absolute atomic E-state index is 0.0953. The van der Waals surface area contributed by atoms with Crippen LogP contribution in [0.3, 0.4) is 0 Å². The summed E-state index contributed by atoms with van der Waals surface area (Å²) in [5.74, 6) is -2.34. The van der Waals surface area contributed by atoms with Gasteiger partial charge in [0.1, 0.15) is 11.5 Å². The van der Waals surface area contributed by atoms with Crippen LogP contribution in [-0.2, 0) is 6.54 Å². The molecule has 0 aliphatic carbocycles. The van der Waals surface area contributed by atoms with Gasteiger partial charge in [0.2, 0.25) is 0 Å². The van der Waals surface area contributed by atoms with Crippen molar-refractivity contribution in [3.05, 3.63) is 54.5 Å². The van der Waals surface area contributed by atoms with E-state index in [1.807, 2.05) is 6.92 Å². The molecule has 2 N–H and O–H groups in total. The Labute approximate surface area is 141 Å². The summed E-state index contributed by atoms with van der Waals surface area (Å²) in [6.45, 7) is 2.37. The highest BCUT2D eigenvalue weighted by atomic mass is 19.1. The zero-order valence-electron chi connectivity index (χ0n) is 13.2. The smallest absolute Gasteiger partial charge is 0.407 e. The summed E-state index contributed by atoms with van der Waals surface area (Å²) in [5.41, 5.74) is 5.85. The van der Waals surface area contributed by atoms with E-state index < -0.39 is 29.0 Å². The number of benzene rings is 1. The summed E-state index contributed by atoms with van der Waals surface area (Å²) in [4.78, 5) is 14.8. The number of aryl methyl sites for hydroxylation is 1. The van der Waals surface area contributed by atoms with Crippen molar-refractivity contribution in [3.63, 3.8) is 0 Å². The lowest BCUT2D eigenvalue weighted by Crippen LogP contribution is -2.17. The standard InChI is InChI=1S/C17H14F2N4O2/c1-2-23-9-11(10-5-7-21-8-6-10)16(22-23)14-12(18)3-4-13(15(14)19)25-17(20)24/h3-9H,2H2,1H3,(H2,20,24). The lowest BCUT2D eigenvalue weighted by Gasteiger charge is -2.09. The number of primary amides is 1. The number of nitrogens with two attached hydrogens (primary N) is 1. The number of carbonyl (C=O) groups is 1. The van der Waals surface area contributed by atoms with Gasteiger partial charge >= 0.3 is 6.09 Å². The summed E-state index contributed by atoms with van der Waals surface area (Å²) in [7, 11) is 0. The lowest BCUT2D eigenvalue weighted by atomic mass is 10.0. The fourth-order valence-corrected chi connectivity index (χ4v) is 2.45. The zero-order chi connectivity index (χ0) is 18.0. The lowest BCUT2D eigenvalue weighted by molar-refractivity contribution is 0.208. The van der Waals surface area contributed by atoms with Crippen molar-refractivity contribution in [2.45, 2.75) is 13.5 Å². The molecule has 1 aromatic carbocycles. The summed E-state index contributed by atoms with van der Waals surface area (Å²) in [6.07, 6.45) is 3.64. The first-order chi connectivity index (χ1) is 12.0. The Balaban J connectivity index is 2.23. The molecular formula is C17H14F2N4O2. The van der Waals surface area contributed by atoms with Crippen molar-refractivity contribution >= 4 is 6.09 Å². The number of hydrogen-bond donors (Lipinski definition) is 1. The molecule has 0 bridgehead atoms. The molecule has 0 radical (unpaired) electrons. The minimum atomic E-state index is -1.19. The van der Waals surface area contributed by atoms with Crippen LogP contribution >= 0.6 is 0 Å². The van der Waals surface area contributed by atoms with Crippen molar-refractivity contribution < 1.29 is 18.3 Å². The van der Waals surface area contributed by atoms with Crippen LogP contribution in [0.25, 0.3) is 22.4 Å². The number of amides is 1. The zero-order valence-corrected chi connectivity index (χ0v) is 13.2. The first-order valence-corrected chi connectivity index (χ1v) is 7.44. The third-order valence-electron chi connectivity index (χ3n) is 3.58. The predicted molar refractivity (Wildman–Crippen MR) is 86.7 cm³/mol. The van der Waals surface area contributed by atoms with E-state index in [1.165, 1.54) is 0 Å². The number of halogens is 2. The van der Waals surface area contributed by atoms with Crippen molar-refractivity contribution in [2.75, 3.05) is 0 Å². The molecule has 6 nitrogen and oxygen atoms in total. The SMILES string of the molecule is CCn1cc(-c2ccncc2)c(-c2c(F)ccc(OC(N)=O)c2F)n1. The normalized spacial score (nSPS) is 10.7. The average Bonchev–Trinajstić information content (AvgIpc) is 3.02. The molecule has 0 aliphatic heterocycles. The minimum Gasteiger partial charge on any atom is -0.407 e. The van der Waals surface area contributed by atoms with Crippen LogP contribution in [0.2, 0.25) is 0 Å². The summed E-state index contributed by atoms with van der Waals surface area (Å²) < 4.78 is 35.3. The molecule has 3 rings (SSSR count). The molecule has 0 saturated heterocycles. The number of ether oxygens (including phenoxy) is 1. The molecule has 0 spiro atoms. The van der Waals surface area contributed by atoms with Crippen LogP contribution in [-0.4, -0.2) is 20.9 Å². The number of carbonyl (C=O) groups excluding carboxylic acids is 1. The van der Waals surface area contributed by atoms with Gasteiger partial charge < -0.3 is 10.5 Å². The fourth-order valence-electron chi connectivity index (χ4n) is 2.45. The van der Waals surface area contributed by atoms with Crippen LogP contribution < -0.4 is 10.5 Å². The quantitative estimate of drug-likeness (QED) is 0.786. The second kappa shape index (κ2) is 6.68. The molecular weight excluding hydrogens is 330 g/mol. The highest BCUT2D eigenvalue weighted by Crippen LogP contribution is 2.37. The van der Waals surface area contributed by atoms with E-state index in [0.29, 0.717) is 17.7 Å². The van der Waals surface area contributed by atoms with Gasteiger partial charge in [0, 0.05) is 30.7 Å². The van der Waals surface area contributed by atoms with E-state index in [2.05, 4.69) is 14.8 Å². The molecule has 0 fully saturated rings. The first-order valence-electron chi connectivity index (χ1n) is 7.44. The Bertz CT molecular complexity index is 926. The van der Waals surface area contributed by atoms with Gasteiger partial charge in [0.05, 0.1) is 5.56 Å². The maximum Gasteiger partial charge on any atom is 0.410 e. The molecule has 8 heteroatoms. The molecule has 1 amide bonds. The van der Waals surface area contributed by atoms with E-state index in [0.717, 1.165) is 12.1 Å². The number of hydrogen-bond acceptors (Lipinski definition) is 4. The summed E-state index contributed by atoms with van der Waals surface area (Å²) in [6, 6.07) is 5.42. The fraction of sp³-hybridized carbons (Fsp3) is 0.118. The van der Waals surface area contributed by atoms with E-state index in [1.54, 1.807) is 35.4 Å². The molecule has 0 atom stereocenters. The second-order valence-electron chi connectivity index (χ2n) is 5.14. The van der Waals surface area contributed by atoms with Gasteiger partial charge in [-0.25, -0.2) is 13.6 Å². The molecule has 128 valence electrons. The maximum absolute atomic E-state index is 14.8. The van der Waals surface area contributed by atoms with Gasteiger partial charge in [-0.1, -0.05) is 0 Å². The van der Waals surface area contributed by atoms with Crippen molar-refractivity contribution in [3.8, 4) is 28.1 Å². The predicted octanol–water partition coefficient (Wildman–Crippen LogP) is 3.37. The topological polar surface area (TPSA) is 83.0 Å². The highest BCUT2D eigenvalue weighted by Gasteiger charge is 2.23. The number of rotatable bonds is 4. The van der Waals surface area contributed by atoms with Gasteiger partial charge in [0.15, 0.2) is 11.6 Å². The number of aromatic nitrogens is 3. The van der Waals surface area contributed by atoms with Crippen LogP contribution in [0.15, 0.2) is 42.9 Å². The van der Waals surface area contributed by atoms with Crippen LogP contribution in [0, 0.1) is 11.6 Å². The van der Waals surface area contributed by atoms with Crippen molar-refractivity contribution in [1.82, 2.24) is 14.8 Å². The van der Waals surface area contributed by atoms with Gasteiger partial charge in [-0.15, -0.1) is 0 Å². The molecule has 2 aromatic heterocycles. The Kier molecular flexibility index (Phi) is 4.42. The molecule has 0 saturated carbocycles. The van der Waals surface area contributed by atoms with Crippen LogP contribution in [0.1, 0.15) is 6.92 Å². The first kappa shape index (κ1) is 16.6. The van der Waals surface area contributed by atoms with Gasteiger partial charge in [-0.3, -0.25) is 9.67 Å². The van der Waals surface area contributed by atoms with Gasteiger partial charge in [-0.2, -0.15) is 5.10 Å². The average molecular weight is 344 g/mol. The summed E-state index contributed by atoms with van der Waals surface area (Å²) in [5, 5.41) is 4.26. The molecule has 0 unspecified atom stereocenters. The third-order valence-corrected chi connectivity index (χ3v) is 3.58. The Morgan fingerprint density at radius 3 is 2.60 bits per heavy atom. The van der Waals surface area contributed by atoms with Crippen molar-refractivity contribution in [1.29, 1.82) is 0 Å². The Morgan fingerprint density at radius 2 is 1.96 bits per heavy atom. The van der Waals surface area contributed by atoms with Gasteiger partial charge in [0.25, 0.3) is 0 Å². The summed E-state index contributed by atoms with van der Waals surface area (Å²) >= 11 is 0. The largest absolute Gasteiger partial charge is 0.410 e. The maximum atomic E-state index is 14.8. The molecule has 2 heterocycles. The van der Waals surface area contributed by atoms with E-state index in [4.69, 9.17) is 5.73 Å². The van der Waals surface area contributed by atoms with Crippen LogP contribution in [0.4, 0.5) is 13.6 Å². The number of pyridine rings is 1. The van der Waals surface area contributed by atoms with E-state index in [-0.39, 0.29) is 5.69 Å². The van der Waals surface area contributed by atoms with Gasteiger partial charge in [-0.05, 0) is 36.8 Å². The Hall–Kier alpha value is -3.29. The van der Waals surface area contributed by atoms with Crippen LogP contribution in [0.5, 0.6) is 5.75 Å². The Morgan fingerprint density at radius 1 is 1.24 bits per heavy atom. The molecule has 0 aliphatic rings. The molecule has 25 heavy (non-hydrogen) atoms. The third kappa shape index (κ3) is 3.18. The van der Waals surface area contributed by atoms with E-state index in [9.17, 15) is 13.6 Å². The highest BCUT2D eigenvalue weighted by molar-refractivity contribution is 5.81. The number of nitrogens with zero attached hydrogens (tertiary/aromatic N) is 3. The van der Waals surface area contributed by atoms with Crippen molar-refractivity contribution in [2.24, 2.45) is 5.73 Å². The molecule has 3 aromatic rings. The monoisotopic (exact) mass is 344 g/mol.